The molecule has 1 atom stereocenters. The Morgan fingerprint density at radius 1 is 1.47 bits per heavy atom. The number of amidine groups is 1. The molecule has 0 spiro atoms. The summed E-state index contributed by atoms with van der Waals surface area (Å²) in [5.41, 5.74) is 8.58. The maximum Gasteiger partial charge on any atom is 0.140 e. The molecule has 0 amide bonds. The van der Waals surface area contributed by atoms with Gasteiger partial charge in [-0.1, -0.05) is 13.8 Å². The van der Waals surface area contributed by atoms with Gasteiger partial charge < -0.3 is 10.6 Å². The van der Waals surface area contributed by atoms with E-state index in [-0.39, 0.29) is 5.84 Å². The number of hydrogen-bond donors (Lipinski definition) is 2. The van der Waals surface area contributed by atoms with Crippen molar-refractivity contribution in [2.24, 2.45) is 17.6 Å². The van der Waals surface area contributed by atoms with Crippen molar-refractivity contribution < 1.29 is 0 Å². The number of pyridine rings is 1. The van der Waals surface area contributed by atoms with Crippen LogP contribution in [0.2, 0.25) is 0 Å². The highest BCUT2D eigenvalue weighted by Crippen LogP contribution is 2.30. The van der Waals surface area contributed by atoms with Crippen LogP contribution in [0.25, 0.3) is 0 Å². The highest BCUT2D eigenvalue weighted by atomic mass is 15.2. The number of anilines is 1. The number of rotatable bonds is 3. The molecule has 1 aromatic heterocycles. The number of hydrogen-bond acceptors (Lipinski definition) is 3. The SMILES string of the molecule is Cc1cc(C)c(C(=N)N)c(N2CCC(C(C)C)C2)n1. The zero-order valence-electron chi connectivity index (χ0n) is 12.3. The monoisotopic (exact) mass is 260 g/mol. The molecule has 4 nitrogen and oxygen atoms in total. The van der Waals surface area contributed by atoms with Gasteiger partial charge >= 0.3 is 0 Å². The summed E-state index contributed by atoms with van der Waals surface area (Å²) in [6.45, 7) is 10.6. The van der Waals surface area contributed by atoms with Gasteiger partial charge in [0.1, 0.15) is 11.7 Å². The molecule has 104 valence electrons. The minimum Gasteiger partial charge on any atom is -0.384 e. The minimum absolute atomic E-state index is 0.119. The Balaban J connectivity index is 2.37. The van der Waals surface area contributed by atoms with E-state index >= 15 is 0 Å². The first-order valence-corrected chi connectivity index (χ1v) is 6.97. The lowest BCUT2D eigenvalue weighted by atomic mass is 9.95. The first-order valence-electron chi connectivity index (χ1n) is 6.97. The number of nitrogens with one attached hydrogen (secondary N) is 1. The van der Waals surface area contributed by atoms with E-state index in [2.05, 4.69) is 23.7 Å². The van der Waals surface area contributed by atoms with Gasteiger partial charge in [-0.2, -0.15) is 0 Å². The highest BCUT2D eigenvalue weighted by molar-refractivity contribution is 6.01. The second-order valence-electron chi connectivity index (χ2n) is 5.93. The third-order valence-electron chi connectivity index (χ3n) is 4.06. The zero-order valence-corrected chi connectivity index (χ0v) is 12.3. The average Bonchev–Trinajstić information content (AvgIpc) is 2.76. The molecule has 1 aliphatic rings. The van der Waals surface area contributed by atoms with E-state index in [0.29, 0.717) is 11.8 Å². The van der Waals surface area contributed by atoms with Gasteiger partial charge in [0, 0.05) is 18.8 Å². The smallest absolute Gasteiger partial charge is 0.140 e. The zero-order chi connectivity index (χ0) is 14.2. The Kier molecular flexibility index (Phi) is 3.78. The van der Waals surface area contributed by atoms with Gasteiger partial charge in [0.15, 0.2) is 0 Å². The maximum atomic E-state index is 7.80. The standard InChI is InChI=1S/C15H24N4/c1-9(2)12-5-6-19(8-12)15-13(14(16)17)10(3)7-11(4)18-15/h7,9,12H,5-6,8H2,1-4H3,(H3,16,17). The molecular weight excluding hydrogens is 236 g/mol. The average molecular weight is 260 g/mol. The van der Waals surface area contributed by atoms with E-state index in [9.17, 15) is 0 Å². The van der Waals surface area contributed by atoms with Crippen molar-refractivity contribution in [2.45, 2.75) is 34.1 Å². The Morgan fingerprint density at radius 2 is 2.16 bits per heavy atom. The van der Waals surface area contributed by atoms with Crippen LogP contribution < -0.4 is 10.6 Å². The lowest BCUT2D eigenvalue weighted by molar-refractivity contribution is 0.422. The number of nitrogens with zero attached hydrogens (tertiary/aromatic N) is 2. The van der Waals surface area contributed by atoms with Crippen LogP contribution in [0.1, 0.15) is 37.1 Å². The molecule has 1 fully saturated rings. The van der Waals surface area contributed by atoms with Crippen molar-refractivity contribution in [1.29, 1.82) is 5.41 Å². The molecule has 3 N–H and O–H groups in total. The van der Waals surface area contributed by atoms with Crippen LogP contribution in [0, 0.1) is 31.1 Å². The molecule has 4 heteroatoms. The fourth-order valence-electron chi connectivity index (χ4n) is 2.90. The summed E-state index contributed by atoms with van der Waals surface area (Å²) in [5, 5.41) is 7.80. The Bertz CT molecular complexity index is 493. The summed E-state index contributed by atoms with van der Waals surface area (Å²) in [5.74, 6) is 2.42. The summed E-state index contributed by atoms with van der Waals surface area (Å²) >= 11 is 0. The molecule has 0 aromatic carbocycles. The predicted molar refractivity (Wildman–Crippen MR) is 79.9 cm³/mol. The topological polar surface area (TPSA) is 66.0 Å². The van der Waals surface area contributed by atoms with Gasteiger partial charge in [-0.15, -0.1) is 0 Å². The number of aryl methyl sites for hydroxylation is 2. The van der Waals surface area contributed by atoms with Crippen LogP contribution in [0.5, 0.6) is 0 Å². The van der Waals surface area contributed by atoms with Gasteiger partial charge in [-0.05, 0) is 43.7 Å². The van der Waals surface area contributed by atoms with E-state index < -0.39 is 0 Å². The second kappa shape index (κ2) is 5.19. The summed E-state index contributed by atoms with van der Waals surface area (Å²) in [4.78, 5) is 6.93. The van der Waals surface area contributed by atoms with Gasteiger partial charge in [-0.3, -0.25) is 5.41 Å². The molecule has 1 unspecified atom stereocenters. The molecule has 0 saturated carbocycles. The Morgan fingerprint density at radius 3 is 2.68 bits per heavy atom. The molecule has 0 aliphatic carbocycles. The van der Waals surface area contributed by atoms with Gasteiger partial charge in [0.05, 0.1) is 5.56 Å². The van der Waals surface area contributed by atoms with E-state index in [1.807, 2.05) is 19.9 Å². The van der Waals surface area contributed by atoms with Crippen LogP contribution >= 0.6 is 0 Å². The number of aromatic nitrogens is 1. The van der Waals surface area contributed by atoms with Gasteiger partial charge in [-0.25, -0.2) is 4.98 Å². The van der Waals surface area contributed by atoms with E-state index in [1.54, 1.807) is 0 Å². The summed E-state index contributed by atoms with van der Waals surface area (Å²) in [6, 6.07) is 2.00. The largest absolute Gasteiger partial charge is 0.384 e. The maximum absolute atomic E-state index is 7.80. The van der Waals surface area contributed by atoms with Crippen molar-refractivity contribution in [3.63, 3.8) is 0 Å². The van der Waals surface area contributed by atoms with E-state index in [1.165, 1.54) is 6.42 Å². The van der Waals surface area contributed by atoms with Crippen LogP contribution in [0.3, 0.4) is 0 Å². The molecule has 2 rings (SSSR count). The van der Waals surface area contributed by atoms with E-state index in [0.717, 1.165) is 35.7 Å². The van der Waals surface area contributed by atoms with Crippen LogP contribution in [0.15, 0.2) is 6.07 Å². The van der Waals surface area contributed by atoms with Crippen molar-refractivity contribution in [3.8, 4) is 0 Å². The molecule has 1 saturated heterocycles. The lowest BCUT2D eigenvalue weighted by Gasteiger charge is -2.23. The minimum atomic E-state index is 0.119. The van der Waals surface area contributed by atoms with Crippen molar-refractivity contribution >= 4 is 11.7 Å². The molecule has 0 radical (unpaired) electrons. The third kappa shape index (κ3) is 2.72. The highest BCUT2D eigenvalue weighted by Gasteiger charge is 2.28. The van der Waals surface area contributed by atoms with Crippen molar-refractivity contribution in [1.82, 2.24) is 4.98 Å². The van der Waals surface area contributed by atoms with Gasteiger partial charge in [0.2, 0.25) is 0 Å². The van der Waals surface area contributed by atoms with E-state index in [4.69, 9.17) is 11.1 Å². The number of nitrogen functional groups attached to an aromatic ring is 1. The molecular formula is C15H24N4. The fourth-order valence-corrected chi connectivity index (χ4v) is 2.90. The molecule has 1 aliphatic heterocycles. The molecule has 19 heavy (non-hydrogen) atoms. The van der Waals surface area contributed by atoms with Crippen molar-refractivity contribution in [3.05, 3.63) is 22.9 Å². The third-order valence-corrected chi connectivity index (χ3v) is 4.06. The normalized spacial score (nSPS) is 19.2. The fraction of sp³-hybridized carbons (Fsp3) is 0.600. The molecule has 1 aromatic rings. The molecule has 2 heterocycles. The first-order chi connectivity index (χ1) is 8.90. The molecule has 0 bridgehead atoms. The quantitative estimate of drug-likeness (QED) is 0.648. The lowest BCUT2D eigenvalue weighted by Crippen LogP contribution is -2.27. The Hall–Kier alpha value is -1.58. The van der Waals surface area contributed by atoms with Gasteiger partial charge in [0.25, 0.3) is 0 Å². The van der Waals surface area contributed by atoms with Crippen LogP contribution in [-0.2, 0) is 0 Å². The first kappa shape index (κ1) is 13.8. The van der Waals surface area contributed by atoms with Crippen molar-refractivity contribution in [2.75, 3.05) is 18.0 Å². The predicted octanol–water partition coefficient (Wildman–Crippen LogP) is 2.46. The van der Waals surface area contributed by atoms with Crippen LogP contribution in [-0.4, -0.2) is 23.9 Å². The number of nitrogens with two attached hydrogens (primary N) is 1. The Labute approximate surface area is 115 Å². The summed E-state index contributed by atoms with van der Waals surface area (Å²) < 4.78 is 0. The van der Waals surface area contributed by atoms with Crippen LogP contribution in [0.4, 0.5) is 5.82 Å². The summed E-state index contributed by atoms with van der Waals surface area (Å²) in [6.07, 6.45) is 1.20. The second-order valence-corrected chi connectivity index (χ2v) is 5.93. The summed E-state index contributed by atoms with van der Waals surface area (Å²) in [7, 11) is 0.